The lowest BCUT2D eigenvalue weighted by molar-refractivity contribution is 0.645. The molecule has 3 aromatic carbocycles. The molecule has 1 heterocycles. The highest BCUT2D eigenvalue weighted by atomic mass is 14.7. The largest absolute Gasteiger partial charge is 0.354 e. The Labute approximate surface area is 148 Å². The summed E-state index contributed by atoms with van der Waals surface area (Å²) in [7, 11) is 0. The van der Waals surface area contributed by atoms with Crippen molar-refractivity contribution in [1.82, 2.24) is 4.98 Å². The standard InChI is InChI=1S/C24H21N/c1-15-12-13-16-20(14-15)24(2,3)19-10-6-4-8-17(19)23-22(16)18-9-5-7-11-21(18)25-23/h4-14,25H,1-3H3. The highest BCUT2D eigenvalue weighted by Gasteiger charge is 2.34. The number of hydrogen-bond donors (Lipinski definition) is 1. The minimum Gasteiger partial charge on any atom is -0.354 e. The van der Waals surface area contributed by atoms with Crippen molar-refractivity contribution >= 4 is 10.9 Å². The first-order valence-electron chi connectivity index (χ1n) is 8.89. The zero-order chi connectivity index (χ0) is 17.2. The molecule has 1 heteroatoms. The number of H-pyrrole nitrogens is 1. The topological polar surface area (TPSA) is 15.8 Å². The quantitative estimate of drug-likeness (QED) is 0.383. The summed E-state index contributed by atoms with van der Waals surface area (Å²) in [5.74, 6) is 0. The summed E-state index contributed by atoms with van der Waals surface area (Å²) >= 11 is 0. The summed E-state index contributed by atoms with van der Waals surface area (Å²) in [6.45, 7) is 6.87. The summed E-state index contributed by atoms with van der Waals surface area (Å²) in [6, 6.07) is 24.4. The maximum atomic E-state index is 3.71. The molecule has 0 saturated carbocycles. The average Bonchev–Trinajstić information content (AvgIpc) is 2.98. The van der Waals surface area contributed by atoms with Crippen LogP contribution in [-0.2, 0) is 5.41 Å². The van der Waals surface area contributed by atoms with Gasteiger partial charge >= 0.3 is 0 Å². The van der Waals surface area contributed by atoms with E-state index in [2.05, 4.69) is 92.5 Å². The molecule has 0 amide bonds. The number of hydrogen-bond acceptors (Lipinski definition) is 0. The van der Waals surface area contributed by atoms with Crippen molar-refractivity contribution in [3.63, 3.8) is 0 Å². The van der Waals surface area contributed by atoms with Crippen LogP contribution >= 0.6 is 0 Å². The minimum atomic E-state index is -0.0427. The van der Waals surface area contributed by atoms with Gasteiger partial charge in [-0.2, -0.15) is 0 Å². The third-order valence-corrected chi connectivity index (χ3v) is 5.69. The van der Waals surface area contributed by atoms with Crippen LogP contribution in [0.4, 0.5) is 0 Å². The summed E-state index contributed by atoms with van der Waals surface area (Å²) in [5.41, 5.74) is 10.5. The number of aromatic amines is 1. The Bertz CT molecular complexity index is 1130. The monoisotopic (exact) mass is 323 g/mol. The Kier molecular flexibility index (Phi) is 2.82. The van der Waals surface area contributed by atoms with Gasteiger partial charge in [0.25, 0.3) is 0 Å². The molecule has 0 saturated heterocycles. The van der Waals surface area contributed by atoms with E-state index in [-0.39, 0.29) is 5.41 Å². The summed E-state index contributed by atoms with van der Waals surface area (Å²) in [4.78, 5) is 3.71. The third-order valence-electron chi connectivity index (χ3n) is 5.69. The molecule has 0 bridgehead atoms. The van der Waals surface area contributed by atoms with Crippen LogP contribution in [0.3, 0.4) is 0 Å². The molecule has 1 aromatic heterocycles. The fourth-order valence-corrected chi connectivity index (χ4v) is 4.41. The van der Waals surface area contributed by atoms with Crippen molar-refractivity contribution in [3.05, 3.63) is 83.4 Å². The zero-order valence-corrected chi connectivity index (χ0v) is 14.9. The molecule has 4 aromatic rings. The lowest BCUT2D eigenvalue weighted by Crippen LogP contribution is -2.20. The zero-order valence-electron chi connectivity index (χ0n) is 14.9. The van der Waals surface area contributed by atoms with Crippen LogP contribution in [0, 0.1) is 6.92 Å². The molecule has 0 atom stereocenters. The van der Waals surface area contributed by atoms with E-state index in [4.69, 9.17) is 0 Å². The van der Waals surface area contributed by atoms with E-state index in [0.717, 1.165) is 0 Å². The molecule has 1 aliphatic carbocycles. The normalized spacial score (nSPS) is 14.5. The number of para-hydroxylation sites is 1. The molecular weight excluding hydrogens is 302 g/mol. The molecule has 0 fully saturated rings. The highest BCUT2D eigenvalue weighted by molar-refractivity contribution is 6.06. The smallest absolute Gasteiger partial charge is 0.0547 e. The molecule has 1 nitrogen and oxygen atoms in total. The minimum absolute atomic E-state index is 0.0427. The Morgan fingerprint density at radius 1 is 0.760 bits per heavy atom. The number of rotatable bonds is 0. The Hall–Kier alpha value is -2.80. The molecule has 0 radical (unpaired) electrons. The van der Waals surface area contributed by atoms with Gasteiger partial charge in [0.2, 0.25) is 0 Å². The van der Waals surface area contributed by atoms with Gasteiger partial charge in [0, 0.05) is 27.4 Å². The molecule has 1 aliphatic rings. The van der Waals surface area contributed by atoms with E-state index in [0.29, 0.717) is 0 Å². The van der Waals surface area contributed by atoms with Gasteiger partial charge in [-0.1, -0.05) is 80.1 Å². The van der Waals surface area contributed by atoms with Crippen LogP contribution in [0.1, 0.15) is 30.5 Å². The summed E-state index contributed by atoms with van der Waals surface area (Å²) in [5, 5.41) is 1.30. The second kappa shape index (κ2) is 4.86. The first-order valence-corrected chi connectivity index (χ1v) is 8.89. The van der Waals surface area contributed by atoms with Gasteiger partial charge in [-0.05, 0) is 29.7 Å². The van der Waals surface area contributed by atoms with E-state index in [1.54, 1.807) is 0 Å². The number of fused-ring (bicyclic) bond motifs is 7. The van der Waals surface area contributed by atoms with Crippen LogP contribution < -0.4 is 0 Å². The lowest BCUT2D eigenvalue weighted by atomic mass is 9.75. The van der Waals surface area contributed by atoms with E-state index < -0.39 is 0 Å². The Morgan fingerprint density at radius 3 is 2.40 bits per heavy atom. The van der Waals surface area contributed by atoms with Crippen molar-refractivity contribution in [2.75, 3.05) is 0 Å². The van der Waals surface area contributed by atoms with Gasteiger partial charge in [-0.15, -0.1) is 0 Å². The molecule has 0 aliphatic heterocycles. The second-order valence-electron chi connectivity index (χ2n) is 7.64. The molecule has 1 N–H and O–H groups in total. The summed E-state index contributed by atoms with van der Waals surface area (Å²) < 4.78 is 0. The van der Waals surface area contributed by atoms with Gasteiger partial charge in [-0.3, -0.25) is 0 Å². The maximum Gasteiger partial charge on any atom is 0.0547 e. The Balaban J connectivity index is 2.04. The van der Waals surface area contributed by atoms with Crippen LogP contribution in [0.15, 0.2) is 66.7 Å². The molecule has 0 unspecified atom stereocenters. The third kappa shape index (κ3) is 1.90. The van der Waals surface area contributed by atoms with Gasteiger partial charge in [0.1, 0.15) is 0 Å². The van der Waals surface area contributed by atoms with Crippen LogP contribution in [0.25, 0.3) is 33.3 Å². The predicted octanol–water partition coefficient (Wildman–Crippen LogP) is 6.45. The lowest BCUT2D eigenvalue weighted by Gasteiger charge is -2.28. The first-order chi connectivity index (χ1) is 12.1. The van der Waals surface area contributed by atoms with Crippen LogP contribution in [-0.4, -0.2) is 4.98 Å². The van der Waals surface area contributed by atoms with Gasteiger partial charge in [-0.25, -0.2) is 0 Å². The van der Waals surface area contributed by atoms with E-state index >= 15 is 0 Å². The maximum absolute atomic E-state index is 3.71. The van der Waals surface area contributed by atoms with Crippen LogP contribution in [0.5, 0.6) is 0 Å². The fourth-order valence-electron chi connectivity index (χ4n) is 4.41. The van der Waals surface area contributed by atoms with E-state index in [1.807, 2.05) is 0 Å². The Morgan fingerprint density at radius 2 is 1.52 bits per heavy atom. The number of nitrogens with one attached hydrogen (secondary N) is 1. The van der Waals surface area contributed by atoms with Crippen molar-refractivity contribution in [3.8, 4) is 22.4 Å². The fraction of sp³-hybridized carbons (Fsp3) is 0.167. The van der Waals surface area contributed by atoms with Gasteiger partial charge in [0.15, 0.2) is 0 Å². The van der Waals surface area contributed by atoms with E-state index in [1.165, 1.54) is 50.0 Å². The van der Waals surface area contributed by atoms with Crippen molar-refractivity contribution in [1.29, 1.82) is 0 Å². The van der Waals surface area contributed by atoms with Crippen molar-refractivity contribution < 1.29 is 0 Å². The van der Waals surface area contributed by atoms with Gasteiger partial charge in [0.05, 0.1) is 5.69 Å². The average molecular weight is 323 g/mol. The molecular formula is C24H21N. The second-order valence-corrected chi connectivity index (χ2v) is 7.64. The highest BCUT2D eigenvalue weighted by Crippen LogP contribution is 2.50. The van der Waals surface area contributed by atoms with Crippen molar-refractivity contribution in [2.24, 2.45) is 0 Å². The van der Waals surface area contributed by atoms with Gasteiger partial charge < -0.3 is 4.98 Å². The molecule has 5 rings (SSSR count). The molecule has 122 valence electrons. The first kappa shape index (κ1) is 14.5. The van der Waals surface area contributed by atoms with Crippen molar-refractivity contribution in [2.45, 2.75) is 26.2 Å². The van der Waals surface area contributed by atoms with Crippen LogP contribution in [0.2, 0.25) is 0 Å². The van der Waals surface area contributed by atoms with E-state index in [9.17, 15) is 0 Å². The number of benzene rings is 3. The number of aryl methyl sites for hydroxylation is 1. The predicted molar refractivity (Wildman–Crippen MR) is 106 cm³/mol. The molecule has 25 heavy (non-hydrogen) atoms. The SMILES string of the molecule is Cc1ccc2c(c1)C(C)(C)c1ccccc1-c1[nH]c3ccccc3c1-2. The molecule has 0 spiro atoms. The number of aromatic nitrogens is 1. The summed E-state index contributed by atoms with van der Waals surface area (Å²) in [6.07, 6.45) is 0.